The molecule has 1 saturated carbocycles. The van der Waals surface area contributed by atoms with E-state index < -0.39 is 11.4 Å². The Bertz CT molecular complexity index is 566. The second-order valence-corrected chi connectivity index (χ2v) is 5.76. The van der Waals surface area contributed by atoms with E-state index in [1.165, 1.54) is 0 Å². The molecule has 4 N–H and O–H groups in total. The molecule has 1 aliphatic carbocycles. The summed E-state index contributed by atoms with van der Waals surface area (Å²) in [4.78, 5) is 23.3. The van der Waals surface area contributed by atoms with E-state index in [-0.39, 0.29) is 17.9 Å². The quantitative estimate of drug-likeness (QED) is 0.758. The molecule has 3 rings (SSSR count). The van der Waals surface area contributed by atoms with Gasteiger partial charge in [-0.05, 0) is 30.5 Å². The average molecular weight is 290 g/mol. The second kappa shape index (κ2) is 5.13. The number of carboxylic acid groups (broad SMARTS) is 1. The van der Waals surface area contributed by atoms with Crippen molar-refractivity contribution in [3.63, 3.8) is 0 Å². The lowest BCUT2D eigenvalue weighted by molar-refractivity contribution is -0.140. The number of carbonyl (C=O) groups excluding carboxylic acids is 1. The lowest BCUT2D eigenvalue weighted by Crippen LogP contribution is -2.37. The van der Waals surface area contributed by atoms with Crippen LogP contribution in [0.3, 0.4) is 0 Å². The van der Waals surface area contributed by atoms with Gasteiger partial charge in [-0.2, -0.15) is 0 Å². The summed E-state index contributed by atoms with van der Waals surface area (Å²) in [5, 5.41) is 12.0. The van der Waals surface area contributed by atoms with Crippen molar-refractivity contribution >= 4 is 17.6 Å². The monoisotopic (exact) mass is 290 g/mol. The Morgan fingerprint density at radius 1 is 1.24 bits per heavy atom. The predicted molar refractivity (Wildman–Crippen MR) is 75.9 cm³/mol. The molecule has 0 radical (unpaired) electrons. The Balaban J connectivity index is 1.68. The van der Waals surface area contributed by atoms with Gasteiger partial charge in [-0.25, -0.2) is 0 Å². The van der Waals surface area contributed by atoms with Crippen LogP contribution in [0, 0.1) is 5.92 Å². The second-order valence-electron chi connectivity index (χ2n) is 5.76. The number of nitrogens with two attached hydrogens (primary N) is 1. The molecule has 0 aromatic heterocycles. The van der Waals surface area contributed by atoms with E-state index in [9.17, 15) is 14.7 Å². The first-order valence-corrected chi connectivity index (χ1v) is 7.01. The average Bonchev–Trinajstić information content (AvgIpc) is 3.16. The van der Waals surface area contributed by atoms with E-state index in [2.05, 4.69) is 5.32 Å². The van der Waals surface area contributed by atoms with Gasteiger partial charge in [0.05, 0.1) is 24.5 Å². The van der Waals surface area contributed by atoms with Crippen molar-refractivity contribution in [2.75, 3.05) is 18.5 Å². The molecular formula is C15H18N2O4. The zero-order valence-corrected chi connectivity index (χ0v) is 11.5. The van der Waals surface area contributed by atoms with Gasteiger partial charge in [-0.15, -0.1) is 0 Å². The number of hydrogen-bond donors (Lipinski definition) is 3. The Morgan fingerprint density at radius 2 is 1.90 bits per heavy atom. The number of carboxylic acids is 1. The fourth-order valence-corrected chi connectivity index (χ4v) is 2.70. The maximum absolute atomic E-state index is 12.1. The number of rotatable bonds is 4. The van der Waals surface area contributed by atoms with Crippen LogP contribution in [-0.4, -0.2) is 36.2 Å². The van der Waals surface area contributed by atoms with Crippen molar-refractivity contribution in [3.05, 3.63) is 29.8 Å². The molecule has 1 heterocycles. The zero-order chi connectivity index (χ0) is 15.0. The largest absolute Gasteiger partial charge is 0.481 e. The van der Waals surface area contributed by atoms with Crippen molar-refractivity contribution in [1.29, 1.82) is 0 Å². The topological polar surface area (TPSA) is 102 Å². The molecular weight excluding hydrogens is 272 g/mol. The Labute approximate surface area is 122 Å². The van der Waals surface area contributed by atoms with Gasteiger partial charge in [0.25, 0.3) is 0 Å². The van der Waals surface area contributed by atoms with E-state index in [1.54, 1.807) is 24.3 Å². The number of benzene rings is 1. The smallest absolute Gasteiger partial charge is 0.314 e. The van der Waals surface area contributed by atoms with Gasteiger partial charge >= 0.3 is 5.97 Å². The maximum atomic E-state index is 12.1. The first kappa shape index (κ1) is 14.0. The standard InChI is InChI=1S/C15H18N2O4/c16-12-8-21-7-11(12)13(18)17-10-3-1-9(2-4-10)15(5-6-15)14(19)20/h1-4,11-12H,5-8,16H2,(H,17,18)(H,19,20). The van der Waals surface area contributed by atoms with Crippen molar-refractivity contribution in [3.8, 4) is 0 Å². The molecule has 1 saturated heterocycles. The molecule has 0 spiro atoms. The number of carbonyl (C=O) groups is 2. The van der Waals surface area contributed by atoms with Crippen molar-refractivity contribution in [2.24, 2.45) is 11.7 Å². The molecule has 2 fully saturated rings. The molecule has 1 aliphatic heterocycles. The summed E-state index contributed by atoms with van der Waals surface area (Å²) in [6.45, 7) is 0.741. The summed E-state index contributed by atoms with van der Waals surface area (Å²) in [7, 11) is 0. The molecule has 1 aromatic rings. The number of amides is 1. The number of nitrogens with one attached hydrogen (secondary N) is 1. The summed E-state index contributed by atoms with van der Waals surface area (Å²) in [5.74, 6) is -1.28. The number of anilines is 1. The van der Waals surface area contributed by atoms with Gasteiger partial charge in [0.2, 0.25) is 5.91 Å². The van der Waals surface area contributed by atoms with E-state index >= 15 is 0 Å². The minimum absolute atomic E-state index is 0.160. The van der Waals surface area contributed by atoms with Crippen LogP contribution in [0.1, 0.15) is 18.4 Å². The molecule has 2 aliphatic rings. The highest BCUT2D eigenvalue weighted by Crippen LogP contribution is 2.48. The third kappa shape index (κ3) is 2.52. The van der Waals surface area contributed by atoms with Crippen molar-refractivity contribution in [2.45, 2.75) is 24.3 Å². The molecule has 21 heavy (non-hydrogen) atoms. The van der Waals surface area contributed by atoms with E-state index in [1.807, 2.05) is 0 Å². The number of aliphatic carboxylic acids is 1. The molecule has 6 nitrogen and oxygen atoms in total. The van der Waals surface area contributed by atoms with Gasteiger partial charge < -0.3 is 20.9 Å². The van der Waals surface area contributed by atoms with Crippen LogP contribution in [0.5, 0.6) is 0 Å². The fraction of sp³-hybridized carbons (Fsp3) is 0.467. The Kier molecular flexibility index (Phi) is 3.43. The van der Waals surface area contributed by atoms with Crippen LogP contribution >= 0.6 is 0 Å². The summed E-state index contributed by atoms with van der Waals surface area (Å²) in [5.41, 5.74) is 6.52. The highest BCUT2D eigenvalue weighted by atomic mass is 16.5. The van der Waals surface area contributed by atoms with Crippen LogP contribution in [0.15, 0.2) is 24.3 Å². The summed E-state index contributed by atoms with van der Waals surface area (Å²) >= 11 is 0. The molecule has 112 valence electrons. The zero-order valence-electron chi connectivity index (χ0n) is 11.5. The van der Waals surface area contributed by atoms with E-state index in [0.717, 1.165) is 5.56 Å². The summed E-state index contributed by atoms with van der Waals surface area (Å²) in [6, 6.07) is 6.73. The van der Waals surface area contributed by atoms with Crippen LogP contribution in [0.4, 0.5) is 5.69 Å². The van der Waals surface area contributed by atoms with Crippen LogP contribution < -0.4 is 11.1 Å². The summed E-state index contributed by atoms with van der Waals surface area (Å²) < 4.78 is 5.18. The van der Waals surface area contributed by atoms with Crippen molar-refractivity contribution in [1.82, 2.24) is 0 Å². The van der Waals surface area contributed by atoms with Gasteiger partial charge in [0.15, 0.2) is 0 Å². The van der Waals surface area contributed by atoms with Gasteiger partial charge in [0, 0.05) is 11.7 Å². The molecule has 1 aromatic carbocycles. The molecule has 6 heteroatoms. The Morgan fingerprint density at radius 3 is 2.38 bits per heavy atom. The third-order valence-electron chi connectivity index (χ3n) is 4.33. The van der Waals surface area contributed by atoms with E-state index in [0.29, 0.717) is 31.7 Å². The number of hydrogen-bond acceptors (Lipinski definition) is 4. The molecule has 2 unspecified atom stereocenters. The highest BCUT2D eigenvalue weighted by Gasteiger charge is 2.51. The van der Waals surface area contributed by atoms with E-state index in [4.69, 9.17) is 10.5 Å². The maximum Gasteiger partial charge on any atom is 0.314 e. The van der Waals surface area contributed by atoms with Crippen LogP contribution in [-0.2, 0) is 19.7 Å². The molecule has 1 amide bonds. The minimum atomic E-state index is -0.784. The predicted octanol–water partition coefficient (Wildman–Crippen LogP) is 0.715. The minimum Gasteiger partial charge on any atom is -0.481 e. The molecule has 2 atom stereocenters. The highest BCUT2D eigenvalue weighted by molar-refractivity contribution is 5.93. The first-order valence-electron chi connectivity index (χ1n) is 7.01. The lowest BCUT2D eigenvalue weighted by Gasteiger charge is -2.14. The fourth-order valence-electron chi connectivity index (χ4n) is 2.70. The van der Waals surface area contributed by atoms with Crippen LogP contribution in [0.25, 0.3) is 0 Å². The third-order valence-corrected chi connectivity index (χ3v) is 4.33. The normalized spacial score (nSPS) is 26.3. The number of ether oxygens (including phenoxy) is 1. The first-order chi connectivity index (χ1) is 10.0. The molecule has 0 bridgehead atoms. The summed E-state index contributed by atoms with van der Waals surface area (Å²) in [6.07, 6.45) is 1.34. The van der Waals surface area contributed by atoms with Gasteiger partial charge in [0.1, 0.15) is 0 Å². The van der Waals surface area contributed by atoms with Gasteiger partial charge in [-0.3, -0.25) is 9.59 Å². The van der Waals surface area contributed by atoms with Crippen LogP contribution in [0.2, 0.25) is 0 Å². The Hall–Kier alpha value is -1.92. The lowest BCUT2D eigenvalue weighted by atomic mass is 9.96. The SMILES string of the molecule is NC1COCC1C(=O)Nc1ccc(C2(C(=O)O)CC2)cc1. The van der Waals surface area contributed by atoms with Crippen molar-refractivity contribution < 1.29 is 19.4 Å². The van der Waals surface area contributed by atoms with Gasteiger partial charge in [-0.1, -0.05) is 12.1 Å².